The van der Waals surface area contributed by atoms with Gasteiger partial charge in [0, 0.05) is 29.4 Å². The summed E-state index contributed by atoms with van der Waals surface area (Å²) in [7, 11) is 0. The van der Waals surface area contributed by atoms with Crippen molar-refractivity contribution in [3.63, 3.8) is 0 Å². The maximum absolute atomic E-state index is 6.15. The van der Waals surface area contributed by atoms with E-state index in [1.54, 1.807) is 0 Å². The second-order valence-electron chi connectivity index (χ2n) is 3.49. The topological polar surface area (TPSA) is 12.4 Å². The molecular formula is C13H10ClNS. The van der Waals surface area contributed by atoms with Gasteiger partial charge in [0.2, 0.25) is 0 Å². The maximum atomic E-state index is 6.15. The molecule has 0 aromatic heterocycles. The van der Waals surface area contributed by atoms with E-state index in [0.29, 0.717) is 0 Å². The van der Waals surface area contributed by atoms with Crippen LogP contribution in [-0.2, 0) is 18.8 Å². The third-order valence-electron chi connectivity index (χ3n) is 2.42. The van der Waals surface area contributed by atoms with Crippen molar-refractivity contribution in [1.29, 1.82) is 0 Å². The number of halogens is 1. The second kappa shape index (κ2) is 5.19. The average molecular weight is 248 g/mol. The van der Waals surface area contributed by atoms with E-state index in [-0.39, 0.29) is 0 Å². The first-order valence-corrected chi connectivity index (χ1v) is 5.70. The quantitative estimate of drug-likeness (QED) is 0.788. The molecule has 0 N–H and O–H groups in total. The van der Waals surface area contributed by atoms with E-state index in [0.717, 1.165) is 22.7 Å². The van der Waals surface area contributed by atoms with Crippen LogP contribution in [0.5, 0.6) is 0 Å². The fourth-order valence-electron chi connectivity index (χ4n) is 1.61. The molecule has 3 heteroatoms. The predicted octanol–water partition coefficient (Wildman–Crippen LogP) is 4.29. The first-order valence-electron chi connectivity index (χ1n) is 4.96. The summed E-state index contributed by atoms with van der Waals surface area (Å²) in [6.07, 6.45) is 0.760. The fraction of sp³-hybridized carbons (Fsp3) is 0.0769. The van der Waals surface area contributed by atoms with Gasteiger partial charge < -0.3 is 0 Å². The fourth-order valence-corrected chi connectivity index (χ4v) is 2.02. The molecule has 0 aliphatic heterocycles. The van der Waals surface area contributed by atoms with Crippen molar-refractivity contribution in [3.05, 3.63) is 64.7 Å². The van der Waals surface area contributed by atoms with E-state index >= 15 is 0 Å². The molecule has 0 saturated heterocycles. The molecule has 0 fully saturated rings. The summed E-state index contributed by atoms with van der Waals surface area (Å²) in [4.78, 5) is 0. The Morgan fingerprint density at radius 3 is 2.44 bits per heavy atom. The van der Waals surface area contributed by atoms with Crippen LogP contribution < -0.4 is 0 Å². The Morgan fingerprint density at radius 1 is 1.00 bits per heavy atom. The van der Waals surface area contributed by atoms with Crippen molar-refractivity contribution in [2.45, 2.75) is 6.42 Å². The van der Waals surface area contributed by atoms with Crippen LogP contribution >= 0.6 is 11.6 Å². The largest absolute Gasteiger partial charge is 0.181 e. The molecule has 2 aromatic carbocycles. The van der Waals surface area contributed by atoms with Gasteiger partial charge >= 0.3 is 0 Å². The molecule has 0 bridgehead atoms. The van der Waals surface area contributed by atoms with Crippen molar-refractivity contribution in [2.24, 2.45) is 4.36 Å². The van der Waals surface area contributed by atoms with Gasteiger partial charge in [-0.1, -0.05) is 48.0 Å². The highest BCUT2D eigenvalue weighted by Crippen LogP contribution is 2.28. The smallest absolute Gasteiger partial charge is 0.0819 e. The number of nitrogens with zero attached hydrogens (tertiary/aromatic N) is 1. The lowest BCUT2D eigenvalue weighted by Gasteiger charge is -2.07. The highest BCUT2D eigenvalue weighted by atomic mass is 35.5. The summed E-state index contributed by atoms with van der Waals surface area (Å²) >= 11 is 10.9. The Bertz CT molecular complexity index is 497. The Kier molecular flexibility index (Phi) is 3.65. The Labute approximate surface area is 105 Å². The summed E-state index contributed by atoms with van der Waals surface area (Å²) < 4.78 is 3.83. The molecule has 0 amide bonds. The minimum atomic E-state index is 0.718. The molecule has 2 aromatic rings. The monoisotopic (exact) mass is 247 g/mol. The third kappa shape index (κ3) is 2.46. The van der Waals surface area contributed by atoms with Crippen LogP contribution in [0.25, 0.3) is 0 Å². The first-order chi connectivity index (χ1) is 7.81. The van der Waals surface area contributed by atoms with Crippen LogP contribution in [0.4, 0.5) is 5.69 Å². The molecule has 2 rings (SSSR count). The maximum Gasteiger partial charge on any atom is 0.0819 e. The summed E-state index contributed by atoms with van der Waals surface area (Å²) in [5, 5.41) is 0.718. The molecule has 0 spiro atoms. The normalized spacial score (nSPS) is 10.1. The van der Waals surface area contributed by atoms with Crippen molar-refractivity contribution >= 4 is 29.7 Å². The third-order valence-corrected chi connectivity index (χ3v) is 2.97. The molecule has 0 radical (unpaired) electrons. The van der Waals surface area contributed by atoms with Crippen LogP contribution in [0.2, 0.25) is 5.02 Å². The van der Waals surface area contributed by atoms with Gasteiger partial charge in [-0.05, 0) is 17.7 Å². The predicted molar refractivity (Wildman–Crippen MR) is 70.2 cm³/mol. The second-order valence-corrected chi connectivity index (χ2v) is 4.08. The van der Waals surface area contributed by atoms with Crippen LogP contribution in [0.15, 0.2) is 52.9 Å². The zero-order valence-electron chi connectivity index (χ0n) is 8.56. The van der Waals surface area contributed by atoms with Crippen LogP contribution in [0, 0.1) is 0 Å². The Hall–Kier alpha value is -1.25. The summed E-state index contributed by atoms with van der Waals surface area (Å²) in [6.45, 7) is 0. The van der Waals surface area contributed by atoms with Gasteiger partial charge in [-0.15, -0.1) is 0 Å². The van der Waals surface area contributed by atoms with E-state index in [9.17, 15) is 0 Å². The van der Waals surface area contributed by atoms with Gasteiger partial charge in [-0.2, -0.15) is 4.36 Å². The van der Waals surface area contributed by atoms with Gasteiger partial charge in [-0.25, -0.2) is 0 Å². The van der Waals surface area contributed by atoms with Gasteiger partial charge in [0.1, 0.15) is 0 Å². The Balaban J connectivity index is 2.38. The highest BCUT2D eigenvalue weighted by Gasteiger charge is 2.06. The van der Waals surface area contributed by atoms with Crippen molar-refractivity contribution in [2.75, 3.05) is 0 Å². The van der Waals surface area contributed by atoms with Crippen molar-refractivity contribution < 1.29 is 0 Å². The summed E-state index contributed by atoms with van der Waals surface area (Å²) in [5.41, 5.74) is 2.98. The van der Waals surface area contributed by atoms with Crippen molar-refractivity contribution in [3.8, 4) is 0 Å². The number of benzene rings is 2. The number of rotatable bonds is 3. The zero-order chi connectivity index (χ0) is 11.4. The lowest BCUT2D eigenvalue weighted by Crippen LogP contribution is -1.89. The molecule has 0 saturated carbocycles. The minimum Gasteiger partial charge on any atom is -0.181 e. The van der Waals surface area contributed by atoms with E-state index in [1.165, 1.54) is 5.56 Å². The van der Waals surface area contributed by atoms with Crippen molar-refractivity contribution in [1.82, 2.24) is 0 Å². The molecule has 1 nitrogen and oxygen atoms in total. The first kappa shape index (κ1) is 11.2. The molecule has 0 heterocycles. The highest BCUT2D eigenvalue weighted by molar-refractivity contribution is 7.47. The lowest BCUT2D eigenvalue weighted by molar-refractivity contribution is 1.19. The van der Waals surface area contributed by atoms with E-state index in [2.05, 4.69) is 16.5 Å². The van der Waals surface area contributed by atoms with Crippen LogP contribution in [0.3, 0.4) is 0 Å². The molecule has 0 aliphatic carbocycles. The minimum absolute atomic E-state index is 0.718. The zero-order valence-corrected chi connectivity index (χ0v) is 10.1. The molecule has 0 unspecified atom stereocenters. The van der Waals surface area contributed by atoms with Gasteiger partial charge in [-0.3, -0.25) is 0 Å². The molecule has 0 aliphatic rings. The van der Waals surface area contributed by atoms with Gasteiger partial charge in [0.25, 0.3) is 0 Å². The standard InChI is InChI=1S/C13H10ClNS/c14-12-7-4-8-13(15-16)11(12)9-10-5-2-1-3-6-10/h1-8H,9H2. The van der Waals surface area contributed by atoms with Crippen LogP contribution in [0.1, 0.15) is 11.1 Å². The summed E-state index contributed by atoms with van der Waals surface area (Å²) in [6, 6.07) is 15.8. The van der Waals surface area contributed by atoms with Gasteiger partial charge in [0.05, 0.1) is 5.69 Å². The number of hydrogen-bond donors (Lipinski definition) is 0. The SMILES string of the molecule is S=Nc1cccc(Cl)c1Cc1ccccc1. The van der Waals surface area contributed by atoms with E-state index < -0.39 is 0 Å². The van der Waals surface area contributed by atoms with E-state index in [4.69, 9.17) is 24.0 Å². The Morgan fingerprint density at radius 2 is 1.75 bits per heavy atom. The van der Waals surface area contributed by atoms with Crippen LogP contribution in [-0.4, -0.2) is 0 Å². The molecule has 16 heavy (non-hydrogen) atoms. The lowest BCUT2D eigenvalue weighted by atomic mass is 10.0. The average Bonchev–Trinajstić information content (AvgIpc) is 2.33. The van der Waals surface area contributed by atoms with Gasteiger partial charge in [0.15, 0.2) is 0 Å². The molecular weight excluding hydrogens is 238 g/mol. The summed E-state index contributed by atoms with van der Waals surface area (Å²) in [5.74, 6) is 0. The molecule has 80 valence electrons. The van der Waals surface area contributed by atoms with E-state index in [1.807, 2.05) is 36.4 Å². The molecule has 0 atom stereocenters. The number of hydrogen-bond acceptors (Lipinski definition) is 2.